The molecule has 1 N–H and O–H groups in total. The Morgan fingerprint density at radius 3 is 2.72 bits per heavy atom. The molecule has 1 aromatic heterocycles. The van der Waals surface area contributed by atoms with Gasteiger partial charge in [-0.05, 0) is 25.2 Å². The van der Waals surface area contributed by atoms with Crippen LogP contribution in [0.2, 0.25) is 0 Å². The third kappa shape index (κ3) is 2.47. The lowest BCUT2D eigenvalue weighted by atomic mass is 10.1. The van der Waals surface area contributed by atoms with Crippen molar-refractivity contribution >= 4 is 16.5 Å². The molecule has 2 fully saturated rings. The van der Waals surface area contributed by atoms with Crippen molar-refractivity contribution in [3.8, 4) is 0 Å². The van der Waals surface area contributed by atoms with Gasteiger partial charge in [0.1, 0.15) is 0 Å². The van der Waals surface area contributed by atoms with E-state index in [1.807, 2.05) is 0 Å². The molecule has 3 nitrogen and oxygen atoms in total. The number of hydrogen-bond donors (Lipinski definition) is 1. The van der Waals surface area contributed by atoms with Crippen LogP contribution in [0, 0.1) is 5.92 Å². The fraction of sp³-hybridized carbons (Fsp3) is 0.727. The molecule has 2 heterocycles. The number of nitrogens with zero attached hydrogens (tertiary/aromatic N) is 1. The molecule has 7 heteroatoms. The van der Waals surface area contributed by atoms with E-state index >= 15 is 0 Å². The Hall–Kier alpha value is -0.820. The average Bonchev–Trinajstić information content (AvgIpc) is 2.85. The van der Waals surface area contributed by atoms with Crippen LogP contribution in [-0.4, -0.2) is 23.7 Å². The first-order valence-electron chi connectivity index (χ1n) is 5.95. The Balaban J connectivity index is 1.67. The van der Waals surface area contributed by atoms with Gasteiger partial charge in [-0.25, -0.2) is 4.98 Å². The summed E-state index contributed by atoms with van der Waals surface area (Å²) in [5.41, 5.74) is -0.822. The fourth-order valence-corrected chi connectivity index (χ4v) is 3.06. The van der Waals surface area contributed by atoms with Gasteiger partial charge in [-0.2, -0.15) is 13.2 Å². The number of rotatable bonds is 3. The van der Waals surface area contributed by atoms with Crippen molar-refractivity contribution in [1.29, 1.82) is 0 Å². The molecule has 0 amide bonds. The number of thiazole rings is 1. The van der Waals surface area contributed by atoms with Crippen LogP contribution in [0.25, 0.3) is 0 Å². The minimum Gasteiger partial charge on any atom is -0.376 e. The molecule has 100 valence electrons. The van der Waals surface area contributed by atoms with Gasteiger partial charge < -0.3 is 10.1 Å². The third-order valence-corrected chi connectivity index (χ3v) is 4.10. The van der Waals surface area contributed by atoms with Crippen LogP contribution in [0.3, 0.4) is 0 Å². The summed E-state index contributed by atoms with van der Waals surface area (Å²) in [5.74, 6) is 0.576. The second-order valence-corrected chi connectivity index (χ2v) is 5.61. The van der Waals surface area contributed by atoms with Crippen molar-refractivity contribution in [3.63, 3.8) is 0 Å². The summed E-state index contributed by atoms with van der Waals surface area (Å²) in [6.45, 7) is 0.677. The van der Waals surface area contributed by atoms with E-state index in [2.05, 4.69) is 10.3 Å². The van der Waals surface area contributed by atoms with Gasteiger partial charge in [0, 0.05) is 12.0 Å². The van der Waals surface area contributed by atoms with Crippen molar-refractivity contribution < 1.29 is 17.9 Å². The highest BCUT2D eigenvalue weighted by Gasteiger charge is 2.41. The van der Waals surface area contributed by atoms with Gasteiger partial charge in [-0.3, -0.25) is 0 Å². The Bertz CT molecular complexity index is 430. The molecule has 2 atom stereocenters. The number of halogens is 3. The second kappa shape index (κ2) is 4.38. The van der Waals surface area contributed by atoms with Crippen molar-refractivity contribution in [2.75, 3.05) is 11.9 Å². The molecule has 2 unspecified atom stereocenters. The summed E-state index contributed by atoms with van der Waals surface area (Å²) < 4.78 is 42.9. The summed E-state index contributed by atoms with van der Waals surface area (Å²) in [5, 5.41) is 4.47. The number of aromatic nitrogens is 1. The molecule has 1 aromatic rings. The molecule has 1 saturated heterocycles. The van der Waals surface area contributed by atoms with Crippen molar-refractivity contribution in [3.05, 3.63) is 11.1 Å². The van der Waals surface area contributed by atoms with E-state index < -0.39 is 11.9 Å². The maximum Gasteiger partial charge on any atom is 0.434 e. The normalized spacial score (nSPS) is 28.6. The summed E-state index contributed by atoms with van der Waals surface area (Å²) in [6.07, 6.45) is -1.06. The predicted octanol–water partition coefficient (Wildman–Crippen LogP) is 3.14. The first-order chi connectivity index (χ1) is 8.54. The van der Waals surface area contributed by atoms with Gasteiger partial charge in [-0.15, -0.1) is 11.3 Å². The first kappa shape index (κ1) is 12.2. The lowest BCUT2D eigenvalue weighted by Gasteiger charge is -2.18. The second-order valence-electron chi connectivity index (χ2n) is 4.75. The largest absolute Gasteiger partial charge is 0.434 e. The van der Waals surface area contributed by atoms with Gasteiger partial charge in [0.15, 0.2) is 10.8 Å². The fourth-order valence-electron chi connectivity index (χ4n) is 2.28. The molecule has 1 aliphatic heterocycles. The van der Waals surface area contributed by atoms with Gasteiger partial charge in [-0.1, -0.05) is 0 Å². The van der Waals surface area contributed by atoms with E-state index in [1.54, 1.807) is 0 Å². The zero-order valence-electron chi connectivity index (χ0n) is 9.54. The molecule has 1 aliphatic carbocycles. The van der Waals surface area contributed by atoms with Crippen LogP contribution in [0.5, 0.6) is 0 Å². The van der Waals surface area contributed by atoms with Gasteiger partial charge in [0.2, 0.25) is 0 Å². The Morgan fingerprint density at radius 2 is 2.11 bits per heavy atom. The molecule has 1 saturated carbocycles. The maximum absolute atomic E-state index is 12.4. The SMILES string of the molecule is FC(F)(F)c1csc(NC2CCOC2C2CC2)n1. The van der Waals surface area contributed by atoms with Gasteiger partial charge in [0.05, 0.1) is 12.1 Å². The topological polar surface area (TPSA) is 34.1 Å². The number of ether oxygens (including phenoxy) is 1. The third-order valence-electron chi connectivity index (χ3n) is 3.33. The lowest BCUT2D eigenvalue weighted by molar-refractivity contribution is -0.140. The molecule has 0 radical (unpaired) electrons. The minimum atomic E-state index is -4.36. The average molecular weight is 278 g/mol. The van der Waals surface area contributed by atoms with Crippen LogP contribution < -0.4 is 5.32 Å². The van der Waals surface area contributed by atoms with Crippen LogP contribution >= 0.6 is 11.3 Å². The molecule has 0 spiro atoms. The zero-order chi connectivity index (χ0) is 12.8. The molecule has 3 rings (SSSR count). The van der Waals surface area contributed by atoms with Crippen LogP contribution in [0.1, 0.15) is 25.0 Å². The molecular weight excluding hydrogens is 265 g/mol. The van der Waals surface area contributed by atoms with Gasteiger partial charge in [0.25, 0.3) is 0 Å². The van der Waals surface area contributed by atoms with Crippen molar-refractivity contribution in [1.82, 2.24) is 4.98 Å². The van der Waals surface area contributed by atoms with Crippen molar-refractivity contribution in [2.24, 2.45) is 5.92 Å². The van der Waals surface area contributed by atoms with E-state index in [4.69, 9.17) is 4.74 Å². The number of hydrogen-bond acceptors (Lipinski definition) is 4. The molecule has 0 bridgehead atoms. The number of alkyl halides is 3. The minimum absolute atomic E-state index is 0.102. The highest BCUT2D eigenvalue weighted by molar-refractivity contribution is 7.13. The zero-order valence-corrected chi connectivity index (χ0v) is 10.4. The Kier molecular flexibility index (Phi) is 2.97. The summed E-state index contributed by atoms with van der Waals surface area (Å²) >= 11 is 1.000. The number of anilines is 1. The highest BCUT2D eigenvalue weighted by Crippen LogP contribution is 2.40. The van der Waals surface area contributed by atoms with Crippen LogP contribution in [0.4, 0.5) is 18.3 Å². The van der Waals surface area contributed by atoms with Crippen molar-refractivity contribution in [2.45, 2.75) is 37.6 Å². The summed E-state index contributed by atoms with van der Waals surface area (Å²) in [4.78, 5) is 3.59. The van der Waals surface area contributed by atoms with Crippen LogP contribution in [-0.2, 0) is 10.9 Å². The van der Waals surface area contributed by atoms with E-state index in [1.165, 1.54) is 0 Å². The monoisotopic (exact) mass is 278 g/mol. The Morgan fingerprint density at radius 1 is 1.33 bits per heavy atom. The standard InChI is InChI=1S/C11H13F3N2OS/c12-11(13,14)8-5-18-10(16-8)15-7-3-4-17-9(7)6-1-2-6/h5-7,9H,1-4H2,(H,15,16). The van der Waals surface area contributed by atoms with E-state index in [0.29, 0.717) is 17.7 Å². The van der Waals surface area contributed by atoms with E-state index in [-0.39, 0.29) is 12.1 Å². The highest BCUT2D eigenvalue weighted by atomic mass is 32.1. The molecule has 2 aliphatic rings. The summed E-state index contributed by atoms with van der Waals surface area (Å²) in [6, 6.07) is 0.102. The van der Waals surface area contributed by atoms with Gasteiger partial charge >= 0.3 is 6.18 Å². The predicted molar refractivity (Wildman–Crippen MR) is 61.6 cm³/mol. The Labute approximate surface area is 106 Å². The molecule has 0 aromatic carbocycles. The van der Waals surface area contributed by atoms with E-state index in [9.17, 15) is 13.2 Å². The molecular formula is C11H13F3N2OS. The number of nitrogens with one attached hydrogen (secondary N) is 1. The quantitative estimate of drug-likeness (QED) is 0.922. The maximum atomic E-state index is 12.4. The smallest absolute Gasteiger partial charge is 0.376 e. The summed E-state index contributed by atoms with van der Waals surface area (Å²) in [7, 11) is 0. The van der Waals surface area contributed by atoms with Crippen LogP contribution in [0.15, 0.2) is 5.38 Å². The van der Waals surface area contributed by atoms with E-state index in [0.717, 1.165) is 36.0 Å². The lowest BCUT2D eigenvalue weighted by Crippen LogP contribution is -2.30. The molecule has 18 heavy (non-hydrogen) atoms. The first-order valence-corrected chi connectivity index (χ1v) is 6.83.